The third-order valence-corrected chi connectivity index (χ3v) is 5.61. The van der Waals surface area contributed by atoms with E-state index in [1.165, 1.54) is 5.57 Å². The van der Waals surface area contributed by atoms with E-state index < -0.39 is 6.10 Å². The van der Waals surface area contributed by atoms with Gasteiger partial charge in [0.15, 0.2) is 0 Å². The molecule has 4 heteroatoms. The van der Waals surface area contributed by atoms with Crippen LogP contribution in [0.5, 0.6) is 11.5 Å². The van der Waals surface area contributed by atoms with Crippen molar-refractivity contribution in [2.75, 3.05) is 0 Å². The molecular weight excluding hydrogens is 350 g/mol. The molecule has 0 unspecified atom stereocenters. The van der Waals surface area contributed by atoms with Gasteiger partial charge in [-0.2, -0.15) is 5.26 Å². The molecule has 142 valence electrons. The SMILES string of the molecule is CC1(C)[C@H](C(=O)O[C@H](C#N)c2cccc(Oc3ccccc3)c2)[C@@H]1C=C1CC1. The average Bonchev–Trinajstić information content (AvgIpc) is 3.59. The zero-order valence-electron chi connectivity index (χ0n) is 16.1. The fraction of sp³-hybridized carbons (Fsp3) is 0.333. The van der Waals surface area contributed by atoms with Crippen LogP contribution in [0.25, 0.3) is 0 Å². The summed E-state index contributed by atoms with van der Waals surface area (Å²) >= 11 is 0. The molecule has 0 amide bonds. The molecule has 2 aromatic carbocycles. The van der Waals surface area contributed by atoms with Crippen molar-refractivity contribution in [3.8, 4) is 17.6 Å². The topological polar surface area (TPSA) is 59.3 Å². The van der Waals surface area contributed by atoms with E-state index in [1.54, 1.807) is 18.2 Å². The predicted octanol–water partition coefficient (Wildman–Crippen LogP) is 5.58. The van der Waals surface area contributed by atoms with E-state index in [1.807, 2.05) is 36.4 Å². The predicted molar refractivity (Wildman–Crippen MR) is 105 cm³/mol. The summed E-state index contributed by atoms with van der Waals surface area (Å²) < 4.78 is 11.4. The smallest absolute Gasteiger partial charge is 0.311 e. The number of carbonyl (C=O) groups excluding carboxylic acids is 1. The van der Waals surface area contributed by atoms with Gasteiger partial charge in [0.25, 0.3) is 0 Å². The number of benzene rings is 2. The summed E-state index contributed by atoms with van der Waals surface area (Å²) in [7, 11) is 0. The van der Waals surface area contributed by atoms with Gasteiger partial charge in [-0.15, -0.1) is 0 Å². The van der Waals surface area contributed by atoms with Gasteiger partial charge in [0.1, 0.15) is 17.6 Å². The van der Waals surface area contributed by atoms with Gasteiger partial charge in [-0.05, 0) is 48.4 Å². The van der Waals surface area contributed by atoms with Crippen LogP contribution in [0.1, 0.15) is 38.4 Å². The van der Waals surface area contributed by atoms with E-state index in [0.717, 1.165) is 12.8 Å². The molecule has 2 aliphatic carbocycles. The Morgan fingerprint density at radius 3 is 2.54 bits per heavy atom. The number of ether oxygens (including phenoxy) is 2. The zero-order chi connectivity index (χ0) is 19.7. The van der Waals surface area contributed by atoms with Crippen LogP contribution in [-0.2, 0) is 9.53 Å². The van der Waals surface area contributed by atoms with Gasteiger partial charge in [-0.3, -0.25) is 4.79 Å². The second-order valence-electron chi connectivity index (χ2n) is 8.08. The number of para-hydroxylation sites is 1. The number of allylic oxidation sites excluding steroid dienone is 2. The molecule has 3 atom stereocenters. The molecule has 0 radical (unpaired) electrons. The molecule has 0 bridgehead atoms. The van der Waals surface area contributed by atoms with E-state index in [4.69, 9.17) is 9.47 Å². The Morgan fingerprint density at radius 1 is 1.14 bits per heavy atom. The van der Waals surface area contributed by atoms with Gasteiger partial charge >= 0.3 is 5.97 Å². The Bertz CT molecular complexity index is 949. The van der Waals surface area contributed by atoms with Crippen LogP contribution in [0.4, 0.5) is 0 Å². The Kier molecular flexibility index (Phi) is 4.68. The average molecular weight is 373 g/mol. The lowest BCUT2D eigenvalue weighted by molar-refractivity contribution is -0.149. The van der Waals surface area contributed by atoms with Crippen LogP contribution in [0.2, 0.25) is 0 Å². The Morgan fingerprint density at radius 2 is 1.86 bits per heavy atom. The Hall–Kier alpha value is -3.06. The summed E-state index contributed by atoms with van der Waals surface area (Å²) in [6.07, 6.45) is 3.56. The first kappa shape index (κ1) is 18.3. The molecule has 2 aliphatic rings. The fourth-order valence-corrected chi connectivity index (χ4v) is 3.66. The van der Waals surface area contributed by atoms with E-state index in [9.17, 15) is 10.1 Å². The van der Waals surface area contributed by atoms with Crippen molar-refractivity contribution < 1.29 is 14.3 Å². The summed E-state index contributed by atoms with van der Waals surface area (Å²) in [5, 5.41) is 9.58. The number of nitrogens with zero attached hydrogens (tertiary/aromatic N) is 1. The summed E-state index contributed by atoms with van der Waals surface area (Å²) in [5.41, 5.74) is 1.93. The zero-order valence-corrected chi connectivity index (χ0v) is 16.1. The van der Waals surface area contributed by atoms with Gasteiger partial charge < -0.3 is 9.47 Å². The largest absolute Gasteiger partial charge is 0.457 e. The first-order chi connectivity index (χ1) is 13.5. The van der Waals surface area contributed by atoms with Crippen LogP contribution in [0.3, 0.4) is 0 Å². The molecule has 0 N–H and O–H groups in total. The van der Waals surface area contributed by atoms with Gasteiger partial charge in [0, 0.05) is 5.56 Å². The van der Waals surface area contributed by atoms with Gasteiger partial charge in [-0.25, -0.2) is 0 Å². The first-order valence-electron chi connectivity index (χ1n) is 9.61. The van der Waals surface area contributed by atoms with Crippen LogP contribution in [0, 0.1) is 28.6 Å². The van der Waals surface area contributed by atoms with E-state index in [2.05, 4.69) is 26.0 Å². The van der Waals surface area contributed by atoms with Gasteiger partial charge in [0.2, 0.25) is 6.10 Å². The maximum Gasteiger partial charge on any atom is 0.311 e. The number of esters is 1. The molecular formula is C24H23NO3. The van der Waals surface area contributed by atoms with Crippen molar-refractivity contribution >= 4 is 5.97 Å². The monoisotopic (exact) mass is 373 g/mol. The van der Waals surface area contributed by atoms with Gasteiger partial charge in [0.05, 0.1) is 5.92 Å². The molecule has 4 nitrogen and oxygen atoms in total. The van der Waals surface area contributed by atoms with Crippen LogP contribution >= 0.6 is 0 Å². The number of rotatable bonds is 6. The van der Waals surface area contributed by atoms with E-state index in [0.29, 0.717) is 17.1 Å². The third-order valence-electron chi connectivity index (χ3n) is 5.61. The van der Waals surface area contributed by atoms with E-state index >= 15 is 0 Å². The second-order valence-corrected chi connectivity index (χ2v) is 8.08. The standard InChI is InChI=1S/C24H23NO3/c1-24(2)20(13-16-11-12-16)22(24)23(26)28-21(15-25)17-7-6-10-19(14-17)27-18-8-4-3-5-9-18/h3-10,13-14,20-22H,11-12H2,1-2H3/t20-,21+,22-/m0/s1. The molecule has 2 aromatic rings. The molecule has 0 heterocycles. The highest BCUT2D eigenvalue weighted by Gasteiger charge is 2.62. The summed E-state index contributed by atoms with van der Waals surface area (Å²) in [4.78, 5) is 12.7. The molecule has 28 heavy (non-hydrogen) atoms. The molecule has 4 rings (SSSR count). The number of nitriles is 1. The normalized spacial score (nSPS) is 22.5. The maximum atomic E-state index is 12.7. The van der Waals surface area contributed by atoms with Gasteiger partial charge in [-0.1, -0.05) is 55.8 Å². The Balaban J connectivity index is 1.46. The number of carbonyl (C=O) groups is 1. The van der Waals surface area contributed by atoms with Crippen LogP contribution in [0.15, 0.2) is 66.2 Å². The highest BCUT2D eigenvalue weighted by Crippen LogP contribution is 2.61. The van der Waals surface area contributed by atoms with Crippen LogP contribution < -0.4 is 4.74 Å². The molecule has 0 spiro atoms. The summed E-state index contributed by atoms with van der Waals surface area (Å²) in [5.74, 6) is 1.04. The highest BCUT2D eigenvalue weighted by atomic mass is 16.5. The molecule has 0 aliphatic heterocycles. The minimum Gasteiger partial charge on any atom is -0.457 e. The number of hydrogen-bond donors (Lipinski definition) is 0. The van der Waals surface area contributed by atoms with Crippen molar-refractivity contribution in [3.63, 3.8) is 0 Å². The fourth-order valence-electron chi connectivity index (χ4n) is 3.66. The lowest BCUT2D eigenvalue weighted by atomic mass is 10.1. The van der Waals surface area contributed by atoms with E-state index in [-0.39, 0.29) is 23.2 Å². The lowest BCUT2D eigenvalue weighted by Crippen LogP contribution is -2.14. The quantitative estimate of drug-likeness (QED) is 0.490. The minimum atomic E-state index is -0.947. The lowest BCUT2D eigenvalue weighted by Gasteiger charge is -2.13. The van der Waals surface area contributed by atoms with Crippen molar-refractivity contribution in [2.24, 2.45) is 17.3 Å². The minimum absolute atomic E-state index is 0.106. The summed E-state index contributed by atoms with van der Waals surface area (Å²) in [6, 6.07) is 18.7. The molecule has 2 saturated carbocycles. The highest BCUT2D eigenvalue weighted by molar-refractivity contribution is 5.79. The summed E-state index contributed by atoms with van der Waals surface area (Å²) in [6.45, 7) is 4.16. The van der Waals surface area contributed by atoms with Crippen molar-refractivity contribution in [1.82, 2.24) is 0 Å². The van der Waals surface area contributed by atoms with Crippen molar-refractivity contribution in [2.45, 2.75) is 32.8 Å². The molecule has 0 saturated heterocycles. The van der Waals surface area contributed by atoms with Crippen molar-refractivity contribution in [1.29, 1.82) is 5.26 Å². The first-order valence-corrected chi connectivity index (χ1v) is 9.61. The van der Waals surface area contributed by atoms with Crippen molar-refractivity contribution in [3.05, 3.63) is 71.8 Å². The molecule has 2 fully saturated rings. The third kappa shape index (κ3) is 3.80. The second kappa shape index (κ2) is 7.16. The number of hydrogen-bond acceptors (Lipinski definition) is 4. The van der Waals surface area contributed by atoms with Crippen LogP contribution in [-0.4, -0.2) is 5.97 Å². The maximum absolute atomic E-state index is 12.7. The Labute approximate surface area is 165 Å². The molecule has 0 aromatic heterocycles.